The maximum absolute atomic E-state index is 12.5. The summed E-state index contributed by atoms with van der Waals surface area (Å²) in [5.74, 6) is 0. The highest BCUT2D eigenvalue weighted by atomic mass is 19.3. The van der Waals surface area contributed by atoms with E-state index < -0.39 is 18.6 Å². The average Bonchev–Trinajstić information content (AvgIpc) is 2.26. The van der Waals surface area contributed by atoms with Gasteiger partial charge < -0.3 is 5.11 Å². The molecule has 0 aliphatic heterocycles. The molecule has 3 nitrogen and oxygen atoms in total. The Kier molecular flexibility index (Phi) is 3.62. The predicted octanol–water partition coefficient (Wildman–Crippen LogP) is 1.74. The van der Waals surface area contributed by atoms with E-state index in [1.54, 1.807) is 0 Å². The molecule has 0 heterocycles. The van der Waals surface area contributed by atoms with Crippen LogP contribution in [0.1, 0.15) is 38.3 Å². The Morgan fingerprint density at radius 1 is 1.20 bits per heavy atom. The van der Waals surface area contributed by atoms with Crippen molar-refractivity contribution in [3.63, 3.8) is 0 Å². The van der Waals surface area contributed by atoms with Crippen molar-refractivity contribution in [2.24, 2.45) is 0 Å². The van der Waals surface area contributed by atoms with E-state index in [4.69, 9.17) is 5.11 Å². The number of aliphatic hydroxyl groups excluding tert-OH is 1. The summed E-state index contributed by atoms with van der Waals surface area (Å²) in [7, 11) is 0. The third-order valence-corrected chi connectivity index (χ3v) is 2.00. The van der Waals surface area contributed by atoms with Crippen molar-refractivity contribution in [1.82, 2.24) is 0 Å². The fraction of sp³-hybridized carbons (Fsp3) is 0.200. The highest BCUT2D eigenvalue weighted by Gasteiger charge is 2.15. The van der Waals surface area contributed by atoms with E-state index in [1.165, 1.54) is 0 Å². The summed E-state index contributed by atoms with van der Waals surface area (Å²) in [5.41, 5.74) is -0.571. The van der Waals surface area contributed by atoms with Gasteiger partial charge in [0.2, 0.25) is 0 Å². The molecule has 0 saturated heterocycles. The Labute approximate surface area is 84.3 Å². The molecule has 0 unspecified atom stereocenters. The van der Waals surface area contributed by atoms with E-state index >= 15 is 0 Å². The lowest BCUT2D eigenvalue weighted by Gasteiger charge is -2.08. The molecule has 0 amide bonds. The Bertz CT molecular complexity index is 388. The second kappa shape index (κ2) is 4.75. The minimum absolute atomic E-state index is 0.00144. The predicted molar refractivity (Wildman–Crippen MR) is 48.1 cm³/mol. The number of aldehydes is 2. The zero-order chi connectivity index (χ0) is 11.4. The molecule has 15 heavy (non-hydrogen) atoms. The topological polar surface area (TPSA) is 54.4 Å². The lowest BCUT2D eigenvalue weighted by Crippen LogP contribution is -2.01. The van der Waals surface area contributed by atoms with E-state index in [0.29, 0.717) is 12.6 Å². The molecule has 0 saturated carbocycles. The zero-order valence-electron chi connectivity index (χ0n) is 7.61. The molecule has 1 aromatic rings. The summed E-state index contributed by atoms with van der Waals surface area (Å²) in [6.07, 6.45) is -2.07. The number of carbonyl (C=O) groups excluding carboxylic acids is 2. The first kappa shape index (κ1) is 11.5. The van der Waals surface area contributed by atoms with Gasteiger partial charge in [-0.05, 0) is 17.7 Å². The molecular weight excluding hydrogens is 206 g/mol. The fourth-order valence-electron chi connectivity index (χ4n) is 1.24. The summed E-state index contributed by atoms with van der Waals surface area (Å²) in [6.45, 7) is -0.598. The summed E-state index contributed by atoms with van der Waals surface area (Å²) in [4.78, 5) is 21.0. The highest BCUT2D eigenvalue weighted by Crippen LogP contribution is 2.25. The van der Waals surface area contributed by atoms with Crippen LogP contribution in [-0.2, 0) is 6.61 Å². The molecule has 0 radical (unpaired) electrons. The van der Waals surface area contributed by atoms with Crippen LogP contribution in [-0.4, -0.2) is 17.7 Å². The van der Waals surface area contributed by atoms with Crippen molar-refractivity contribution < 1.29 is 23.5 Å². The van der Waals surface area contributed by atoms with Gasteiger partial charge in [-0.15, -0.1) is 0 Å². The Balaban J connectivity index is 3.40. The van der Waals surface area contributed by atoms with Gasteiger partial charge in [0.1, 0.15) is 0 Å². The Hall–Kier alpha value is -1.62. The Morgan fingerprint density at radius 2 is 1.73 bits per heavy atom. The van der Waals surface area contributed by atoms with Crippen LogP contribution in [0.4, 0.5) is 8.78 Å². The van der Waals surface area contributed by atoms with Gasteiger partial charge in [-0.1, -0.05) is 0 Å². The minimum Gasteiger partial charge on any atom is -0.392 e. The molecule has 0 aliphatic carbocycles. The summed E-state index contributed by atoms with van der Waals surface area (Å²) in [5, 5.41) is 8.81. The molecule has 0 bridgehead atoms. The fourth-order valence-corrected chi connectivity index (χ4v) is 1.24. The van der Waals surface area contributed by atoms with Gasteiger partial charge >= 0.3 is 0 Å². The van der Waals surface area contributed by atoms with Gasteiger partial charge in [-0.2, -0.15) is 0 Å². The van der Waals surface area contributed by atoms with Gasteiger partial charge in [0, 0.05) is 16.7 Å². The normalized spacial score (nSPS) is 10.4. The van der Waals surface area contributed by atoms with Gasteiger partial charge in [0.25, 0.3) is 6.43 Å². The Morgan fingerprint density at radius 3 is 2.13 bits per heavy atom. The standard InChI is InChI=1S/C10H8F2O3/c11-10(12)9-2-7(4-14)6(3-13)1-8(9)5-15/h1-4,10,15H,5H2. The molecule has 0 aromatic heterocycles. The SMILES string of the molecule is O=Cc1cc(CO)c(C(F)F)cc1C=O. The van der Waals surface area contributed by atoms with E-state index in [-0.39, 0.29) is 16.7 Å². The third kappa shape index (κ3) is 2.24. The first-order valence-corrected chi connectivity index (χ1v) is 4.10. The largest absolute Gasteiger partial charge is 0.392 e. The molecule has 0 atom stereocenters. The average molecular weight is 214 g/mol. The van der Waals surface area contributed by atoms with Crippen molar-refractivity contribution in [1.29, 1.82) is 0 Å². The number of carbonyl (C=O) groups is 2. The van der Waals surface area contributed by atoms with Crippen LogP contribution in [0.2, 0.25) is 0 Å². The van der Waals surface area contributed by atoms with E-state index in [2.05, 4.69) is 0 Å². The second-order valence-electron chi connectivity index (χ2n) is 2.87. The van der Waals surface area contributed by atoms with Crippen molar-refractivity contribution in [2.75, 3.05) is 0 Å². The first-order chi connectivity index (χ1) is 7.13. The number of aliphatic hydroxyl groups is 1. The number of hydrogen-bond donors (Lipinski definition) is 1. The third-order valence-electron chi connectivity index (χ3n) is 2.00. The van der Waals surface area contributed by atoms with Crippen LogP contribution < -0.4 is 0 Å². The lowest BCUT2D eigenvalue weighted by atomic mass is 10.00. The van der Waals surface area contributed by atoms with Crippen molar-refractivity contribution >= 4 is 12.6 Å². The second-order valence-corrected chi connectivity index (χ2v) is 2.87. The molecule has 0 aliphatic rings. The summed E-state index contributed by atoms with van der Waals surface area (Å²) < 4.78 is 24.9. The van der Waals surface area contributed by atoms with Crippen LogP contribution in [0.15, 0.2) is 12.1 Å². The molecule has 80 valence electrons. The van der Waals surface area contributed by atoms with E-state index in [0.717, 1.165) is 12.1 Å². The number of rotatable bonds is 4. The van der Waals surface area contributed by atoms with Gasteiger partial charge in [-0.3, -0.25) is 9.59 Å². The lowest BCUT2D eigenvalue weighted by molar-refractivity contribution is 0.109. The maximum Gasteiger partial charge on any atom is 0.264 e. The van der Waals surface area contributed by atoms with E-state index in [1.807, 2.05) is 0 Å². The van der Waals surface area contributed by atoms with Gasteiger partial charge in [0.05, 0.1) is 6.61 Å². The number of benzene rings is 1. The molecular formula is C10H8F2O3. The van der Waals surface area contributed by atoms with Crippen LogP contribution in [0.3, 0.4) is 0 Å². The molecule has 5 heteroatoms. The number of halogens is 2. The molecule has 0 fully saturated rings. The van der Waals surface area contributed by atoms with Crippen LogP contribution in [0.25, 0.3) is 0 Å². The van der Waals surface area contributed by atoms with Gasteiger partial charge in [-0.25, -0.2) is 8.78 Å². The molecule has 1 rings (SSSR count). The van der Waals surface area contributed by atoms with Crippen molar-refractivity contribution in [3.05, 3.63) is 34.4 Å². The maximum atomic E-state index is 12.5. The molecule has 1 N–H and O–H groups in total. The molecule has 1 aromatic carbocycles. The minimum atomic E-state index is -2.79. The quantitative estimate of drug-likeness (QED) is 0.776. The molecule has 0 spiro atoms. The highest BCUT2D eigenvalue weighted by molar-refractivity contribution is 5.90. The van der Waals surface area contributed by atoms with Gasteiger partial charge in [0.15, 0.2) is 12.6 Å². The van der Waals surface area contributed by atoms with E-state index in [9.17, 15) is 18.4 Å². The van der Waals surface area contributed by atoms with Crippen molar-refractivity contribution in [3.8, 4) is 0 Å². The number of hydrogen-bond acceptors (Lipinski definition) is 3. The van der Waals surface area contributed by atoms with Crippen LogP contribution >= 0.6 is 0 Å². The van der Waals surface area contributed by atoms with Crippen LogP contribution in [0.5, 0.6) is 0 Å². The van der Waals surface area contributed by atoms with Crippen LogP contribution in [0, 0.1) is 0 Å². The zero-order valence-corrected chi connectivity index (χ0v) is 7.61. The summed E-state index contributed by atoms with van der Waals surface area (Å²) in [6, 6.07) is 2.02. The summed E-state index contributed by atoms with van der Waals surface area (Å²) >= 11 is 0. The van der Waals surface area contributed by atoms with Crippen molar-refractivity contribution in [2.45, 2.75) is 13.0 Å². The first-order valence-electron chi connectivity index (χ1n) is 4.10. The monoisotopic (exact) mass is 214 g/mol. The smallest absolute Gasteiger partial charge is 0.264 e. The number of alkyl halides is 2.